The van der Waals surface area contributed by atoms with Crippen LogP contribution in [0, 0.1) is 11.8 Å². The molecule has 0 aromatic rings. The minimum atomic E-state index is 0.802. The molecule has 2 aliphatic rings. The van der Waals surface area contributed by atoms with Crippen molar-refractivity contribution >= 4 is 0 Å². The van der Waals surface area contributed by atoms with Crippen LogP contribution in [0.4, 0.5) is 0 Å². The Balaban J connectivity index is 1.56. The largest absolute Gasteiger partial charge is 0.330 e. The molecule has 0 radical (unpaired) electrons. The highest BCUT2D eigenvalue weighted by Crippen LogP contribution is 2.20. The Bertz CT molecular complexity index is 181. The molecular formula is C12H25N3. The highest BCUT2D eigenvalue weighted by Gasteiger charge is 2.24. The zero-order valence-corrected chi connectivity index (χ0v) is 9.99. The van der Waals surface area contributed by atoms with Crippen molar-refractivity contribution in [2.45, 2.75) is 19.3 Å². The summed E-state index contributed by atoms with van der Waals surface area (Å²) in [6, 6.07) is 0. The monoisotopic (exact) mass is 211 g/mol. The Morgan fingerprint density at radius 3 is 2.33 bits per heavy atom. The van der Waals surface area contributed by atoms with Crippen LogP contribution < -0.4 is 5.73 Å². The molecule has 3 nitrogen and oxygen atoms in total. The van der Waals surface area contributed by atoms with Crippen LogP contribution in [0.3, 0.4) is 0 Å². The molecule has 0 aromatic heterocycles. The molecular weight excluding hydrogens is 186 g/mol. The van der Waals surface area contributed by atoms with Crippen molar-refractivity contribution in [2.24, 2.45) is 17.6 Å². The number of piperidine rings is 1. The summed E-state index contributed by atoms with van der Waals surface area (Å²) >= 11 is 0. The van der Waals surface area contributed by atoms with E-state index in [0.29, 0.717) is 0 Å². The second-order valence-corrected chi connectivity index (χ2v) is 5.40. The molecule has 2 fully saturated rings. The first kappa shape index (κ1) is 11.4. The molecule has 3 heteroatoms. The number of hydrogen-bond acceptors (Lipinski definition) is 3. The van der Waals surface area contributed by atoms with E-state index in [0.717, 1.165) is 18.4 Å². The normalized spacial score (nSPS) is 26.8. The van der Waals surface area contributed by atoms with E-state index in [9.17, 15) is 0 Å². The third kappa shape index (κ3) is 3.16. The van der Waals surface area contributed by atoms with Gasteiger partial charge in [0.2, 0.25) is 0 Å². The molecule has 88 valence electrons. The van der Waals surface area contributed by atoms with Crippen molar-refractivity contribution < 1.29 is 0 Å². The van der Waals surface area contributed by atoms with Gasteiger partial charge in [0.15, 0.2) is 0 Å². The summed E-state index contributed by atoms with van der Waals surface area (Å²) < 4.78 is 0. The molecule has 2 N–H and O–H groups in total. The molecule has 2 rings (SSSR count). The van der Waals surface area contributed by atoms with E-state index in [-0.39, 0.29) is 0 Å². The molecule has 0 spiro atoms. The van der Waals surface area contributed by atoms with E-state index in [1.165, 1.54) is 52.0 Å². The van der Waals surface area contributed by atoms with Gasteiger partial charge in [0, 0.05) is 13.1 Å². The van der Waals surface area contributed by atoms with Crippen molar-refractivity contribution in [1.29, 1.82) is 0 Å². The van der Waals surface area contributed by atoms with E-state index in [1.54, 1.807) is 0 Å². The zero-order chi connectivity index (χ0) is 10.7. The van der Waals surface area contributed by atoms with Gasteiger partial charge in [-0.05, 0) is 64.3 Å². The summed E-state index contributed by atoms with van der Waals surface area (Å²) in [7, 11) is 2.21. The van der Waals surface area contributed by atoms with Crippen molar-refractivity contribution in [3.05, 3.63) is 0 Å². The van der Waals surface area contributed by atoms with Gasteiger partial charge in [-0.2, -0.15) is 0 Å². The number of rotatable bonds is 4. The molecule has 0 atom stereocenters. The lowest BCUT2D eigenvalue weighted by Crippen LogP contribution is -2.45. The van der Waals surface area contributed by atoms with Gasteiger partial charge in [0.25, 0.3) is 0 Å². The molecule has 15 heavy (non-hydrogen) atoms. The zero-order valence-electron chi connectivity index (χ0n) is 9.99. The molecule has 0 saturated carbocycles. The van der Waals surface area contributed by atoms with E-state index >= 15 is 0 Å². The van der Waals surface area contributed by atoms with Crippen LogP contribution in [0.1, 0.15) is 19.3 Å². The maximum Gasteiger partial charge on any atom is 0.00194 e. The second kappa shape index (κ2) is 5.28. The predicted octanol–water partition coefficient (Wildman–Crippen LogP) is 0.609. The van der Waals surface area contributed by atoms with E-state index in [4.69, 9.17) is 5.73 Å². The van der Waals surface area contributed by atoms with Gasteiger partial charge < -0.3 is 15.5 Å². The minimum Gasteiger partial charge on any atom is -0.330 e. The average molecular weight is 211 g/mol. The average Bonchev–Trinajstić information content (AvgIpc) is 2.23. The first-order valence-corrected chi connectivity index (χ1v) is 6.39. The maximum atomic E-state index is 5.69. The summed E-state index contributed by atoms with van der Waals surface area (Å²) in [5, 5.41) is 0. The Morgan fingerprint density at radius 2 is 1.80 bits per heavy atom. The predicted molar refractivity (Wildman–Crippen MR) is 63.8 cm³/mol. The number of nitrogens with two attached hydrogens (primary N) is 1. The summed E-state index contributed by atoms with van der Waals surface area (Å²) in [6.07, 6.45) is 4.04. The van der Waals surface area contributed by atoms with Crippen molar-refractivity contribution in [1.82, 2.24) is 9.80 Å². The Labute approximate surface area is 93.6 Å². The van der Waals surface area contributed by atoms with Crippen LogP contribution in [0.5, 0.6) is 0 Å². The van der Waals surface area contributed by atoms with Crippen LogP contribution in [0.25, 0.3) is 0 Å². The molecule has 0 unspecified atom stereocenters. The molecule has 0 bridgehead atoms. The van der Waals surface area contributed by atoms with Crippen LogP contribution in [0.2, 0.25) is 0 Å². The fourth-order valence-corrected chi connectivity index (χ4v) is 2.82. The third-order valence-corrected chi connectivity index (χ3v) is 4.03. The third-order valence-electron chi connectivity index (χ3n) is 4.03. The van der Waals surface area contributed by atoms with Gasteiger partial charge in [-0.25, -0.2) is 0 Å². The van der Waals surface area contributed by atoms with E-state index in [2.05, 4.69) is 16.8 Å². The smallest absolute Gasteiger partial charge is 0.00194 e. The molecule has 0 amide bonds. The highest BCUT2D eigenvalue weighted by molar-refractivity contribution is 4.79. The lowest BCUT2D eigenvalue weighted by molar-refractivity contribution is 0.103. The molecule has 0 aromatic carbocycles. The standard InChI is InChI=1S/C12H25N3/c1-14-9-12(10-14)4-7-15-5-2-11(8-13)3-6-15/h11-12H,2-10,13H2,1H3. The van der Waals surface area contributed by atoms with Gasteiger partial charge in [0.05, 0.1) is 0 Å². The van der Waals surface area contributed by atoms with Crippen molar-refractivity contribution in [3.8, 4) is 0 Å². The van der Waals surface area contributed by atoms with E-state index < -0.39 is 0 Å². The highest BCUT2D eigenvalue weighted by atomic mass is 15.2. The molecule has 2 aliphatic heterocycles. The number of hydrogen-bond donors (Lipinski definition) is 1. The number of nitrogens with zero attached hydrogens (tertiary/aromatic N) is 2. The van der Waals surface area contributed by atoms with Gasteiger partial charge >= 0.3 is 0 Å². The molecule has 2 saturated heterocycles. The van der Waals surface area contributed by atoms with Crippen LogP contribution in [-0.4, -0.2) is 56.1 Å². The summed E-state index contributed by atoms with van der Waals surface area (Å²) in [5.74, 6) is 1.78. The quantitative estimate of drug-likeness (QED) is 0.739. The topological polar surface area (TPSA) is 32.5 Å². The first-order chi connectivity index (χ1) is 7.28. The fourth-order valence-electron chi connectivity index (χ4n) is 2.82. The van der Waals surface area contributed by atoms with Crippen LogP contribution in [-0.2, 0) is 0 Å². The maximum absolute atomic E-state index is 5.69. The summed E-state index contributed by atoms with van der Waals surface area (Å²) in [4.78, 5) is 5.04. The first-order valence-electron chi connectivity index (χ1n) is 6.39. The SMILES string of the molecule is CN1CC(CCN2CCC(CN)CC2)C1. The van der Waals surface area contributed by atoms with E-state index in [1.807, 2.05) is 0 Å². The van der Waals surface area contributed by atoms with Crippen molar-refractivity contribution in [2.75, 3.05) is 46.3 Å². The van der Waals surface area contributed by atoms with Gasteiger partial charge in [-0.15, -0.1) is 0 Å². The number of likely N-dealkylation sites (tertiary alicyclic amines) is 2. The molecule has 2 heterocycles. The lowest BCUT2D eigenvalue weighted by Gasteiger charge is -2.38. The Kier molecular flexibility index (Phi) is 4.00. The Hall–Kier alpha value is -0.120. The second-order valence-electron chi connectivity index (χ2n) is 5.40. The van der Waals surface area contributed by atoms with Gasteiger partial charge in [0.1, 0.15) is 0 Å². The summed E-state index contributed by atoms with van der Waals surface area (Å²) in [6.45, 7) is 7.41. The molecule has 0 aliphatic carbocycles. The van der Waals surface area contributed by atoms with Crippen LogP contribution in [0.15, 0.2) is 0 Å². The fraction of sp³-hybridized carbons (Fsp3) is 1.00. The van der Waals surface area contributed by atoms with Crippen LogP contribution >= 0.6 is 0 Å². The van der Waals surface area contributed by atoms with Crippen molar-refractivity contribution in [3.63, 3.8) is 0 Å². The lowest BCUT2D eigenvalue weighted by atomic mass is 9.94. The Morgan fingerprint density at radius 1 is 1.13 bits per heavy atom. The summed E-state index contributed by atoms with van der Waals surface area (Å²) in [5.41, 5.74) is 5.69. The minimum absolute atomic E-state index is 0.802. The van der Waals surface area contributed by atoms with Gasteiger partial charge in [-0.1, -0.05) is 0 Å². The van der Waals surface area contributed by atoms with Gasteiger partial charge in [-0.3, -0.25) is 0 Å².